The van der Waals surface area contributed by atoms with E-state index in [0.29, 0.717) is 17.1 Å². The highest BCUT2D eigenvalue weighted by molar-refractivity contribution is 5.85. The Kier molecular flexibility index (Phi) is 6.18. The monoisotopic (exact) mass is 477 g/mol. The average Bonchev–Trinajstić information content (AvgIpc) is 3.15. The molecule has 0 atom stereocenters. The summed E-state index contributed by atoms with van der Waals surface area (Å²) in [7, 11) is 0. The van der Waals surface area contributed by atoms with Gasteiger partial charge in [0, 0.05) is 55.0 Å². The topological polar surface area (TPSA) is 69.3 Å². The van der Waals surface area contributed by atoms with Crippen molar-refractivity contribution in [2.45, 2.75) is 25.7 Å². The Morgan fingerprint density at radius 2 is 2.00 bits per heavy atom. The van der Waals surface area contributed by atoms with Crippen LogP contribution in [-0.2, 0) is 25.7 Å². The summed E-state index contributed by atoms with van der Waals surface area (Å²) in [6.07, 6.45) is -1.26. The molecule has 0 saturated carbocycles. The predicted molar refractivity (Wildman–Crippen MR) is 118 cm³/mol. The Hall–Kier alpha value is -3.30. The van der Waals surface area contributed by atoms with Gasteiger partial charge < -0.3 is 14.5 Å². The molecule has 4 aromatic rings. The first kappa shape index (κ1) is 22.9. The highest BCUT2D eigenvalue weighted by atomic mass is 35.5. The number of pyridine rings is 2. The molecule has 1 N–H and O–H groups in total. The highest BCUT2D eigenvalue weighted by Gasteiger charge is 2.30. The van der Waals surface area contributed by atoms with E-state index >= 15 is 0 Å². The average molecular weight is 478 g/mol. The number of alkyl halides is 3. The summed E-state index contributed by atoms with van der Waals surface area (Å²) in [6.45, 7) is 1.59. The van der Waals surface area contributed by atoms with Crippen molar-refractivity contribution in [2.75, 3.05) is 6.54 Å². The van der Waals surface area contributed by atoms with Crippen molar-refractivity contribution in [3.8, 4) is 11.4 Å². The zero-order valence-electron chi connectivity index (χ0n) is 17.2. The van der Waals surface area contributed by atoms with E-state index in [9.17, 15) is 18.0 Å². The van der Waals surface area contributed by atoms with Crippen LogP contribution in [0, 0.1) is 0 Å². The molecule has 5 rings (SSSR count). The zero-order chi connectivity index (χ0) is 22.3. The number of furan rings is 1. The van der Waals surface area contributed by atoms with Gasteiger partial charge in [-0.2, -0.15) is 13.2 Å². The fourth-order valence-corrected chi connectivity index (χ4v) is 3.75. The summed E-state index contributed by atoms with van der Waals surface area (Å²) in [5.74, 6) is 1.28. The summed E-state index contributed by atoms with van der Waals surface area (Å²) in [4.78, 5) is 16.4. The van der Waals surface area contributed by atoms with Crippen molar-refractivity contribution in [1.29, 1.82) is 0 Å². The molecule has 33 heavy (non-hydrogen) atoms. The molecule has 1 aliphatic rings. The summed E-state index contributed by atoms with van der Waals surface area (Å²) in [5, 5.41) is 4.37. The van der Waals surface area contributed by atoms with E-state index in [0.717, 1.165) is 54.1 Å². The van der Waals surface area contributed by atoms with Crippen LogP contribution in [0.4, 0.5) is 13.2 Å². The number of rotatable bonds is 4. The first-order chi connectivity index (χ1) is 15.4. The molecule has 0 amide bonds. The summed E-state index contributed by atoms with van der Waals surface area (Å²) in [6, 6.07) is 10.8. The lowest BCUT2D eigenvalue weighted by molar-refractivity contribution is -0.137. The van der Waals surface area contributed by atoms with Crippen LogP contribution < -0.4 is 15.6 Å². The second-order valence-electron chi connectivity index (χ2n) is 7.51. The molecular formula is C23H19ClF3N3O3. The molecule has 172 valence electrons. The first-order valence-corrected chi connectivity index (χ1v) is 10.0. The van der Waals surface area contributed by atoms with E-state index in [4.69, 9.17) is 9.15 Å². The number of aromatic nitrogens is 2. The molecule has 0 saturated heterocycles. The standard InChI is InChI=1S/C23H18F3N3O3.ClH/c24-23(25,26)14-1-2-15(28-11-14)13-31-17-6-8-29(22(30)10-17)16-3-4-18-19-12-27-7-5-20(19)32-21(18)9-16;/h1-4,6,8-11,27H,5,7,12-13H2;1H. The first-order valence-electron chi connectivity index (χ1n) is 10.0. The van der Waals surface area contributed by atoms with Crippen LogP contribution in [0.25, 0.3) is 16.7 Å². The van der Waals surface area contributed by atoms with Crippen LogP contribution in [0.1, 0.15) is 22.6 Å². The second kappa shape index (κ2) is 8.92. The minimum Gasteiger partial charge on any atom is -0.487 e. The third-order valence-electron chi connectivity index (χ3n) is 5.40. The molecule has 0 bridgehead atoms. The van der Waals surface area contributed by atoms with E-state index < -0.39 is 11.7 Å². The van der Waals surface area contributed by atoms with Crippen molar-refractivity contribution < 1.29 is 22.3 Å². The quantitative estimate of drug-likeness (QED) is 0.463. The Morgan fingerprint density at radius 1 is 1.15 bits per heavy atom. The molecule has 0 spiro atoms. The third kappa shape index (κ3) is 4.60. The second-order valence-corrected chi connectivity index (χ2v) is 7.51. The minimum absolute atomic E-state index is 0. The van der Waals surface area contributed by atoms with Crippen LogP contribution in [0.15, 0.2) is 64.1 Å². The smallest absolute Gasteiger partial charge is 0.417 e. The van der Waals surface area contributed by atoms with Gasteiger partial charge in [0.25, 0.3) is 5.56 Å². The number of hydrogen-bond donors (Lipinski definition) is 1. The van der Waals surface area contributed by atoms with Gasteiger partial charge in [-0.05, 0) is 30.3 Å². The van der Waals surface area contributed by atoms with Gasteiger partial charge in [-0.25, -0.2) is 0 Å². The van der Waals surface area contributed by atoms with Crippen LogP contribution >= 0.6 is 12.4 Å². The van der Waals surface area contributed by atoms with E-state index in [1.807, 2.05) is 18.2 Å². The lowest BCUT2D eigenvalue weighted by Gasteiger charge is -2.11. The number of nitrogens with one attached hydrogen (secondary N) is 1. The van der Waals surface area contributed by atoms with Gasteiger partial charge in [-0.1, -0.05) is 0 Å². The molecule has 0 unspecified atom stereocenters. The number of benzene rings is 1. The number of nitrogens with zero attached hydrogens (tertiary/aromatic N) is 2. The maximum absolute atomic E-state index is 12.6. The van der Waals surface area contributed by atoms with Crippen LogP contribution in [-0.4, -0.2) is 16.1 Å². The van der Waals surface area contributed by atoms with Crippen LogP contribution in [0.3, 0.4) is 0 Å². The van der Waals surface area contributed by atoms with E-state index in [1.54, 1.807) is 12.3 Å². The highest BCUT2D eigenvalue weighted by Crippen LogP contribution is 2.30. The van der Waals surface area contributed by atoms with Gasteiger partial charge in [-0.3, -0.25) is 14.3 Å². The summed E-state index contributed by atoms with van der Waals surface area (Å²) < 4.78 is 50.8. The Labute approximate surface area is 192 Å². The molecule has 6 nitrogen and oxygen atoms in total. The Morgan fingerprint density at radius 3 is 2.73 bits per heavy atom. The molecule has 4 heterocycles. The molecule has 3 aromatic heterocycles. The number of fused-ring (bicyclic) bond motifs is 3. The Balaban J connectivity index is 0.00000259. The van der Waals surface area contributed by atoms with Crippen LogP contribution in [0.2, 0.25) is 0 Å². The molecular weight excluding hydrogens is 459 g/mol. The maximum atomic E-state index is 12.6. The van der Waals surface area contributed by atoms with Gasteiger partial charge in [0.2, 0.25) is 0 Å². The fraction of sp³-hybridized carbons (Fsp3) is 0.217. The van der Waals surface area contributed by atoms with Crippen molar-refractivity contribution >= 4 is 23.4 Å². The maximum Gasteiger partial charge on any atom is 0.417 e. The van der Waals surface area contributed by atoms with Gasteiger partial charge in [0.1, 0.15) is 23.7 Å². The van der Waals surface area contributed by atoms with Crippen molar-refractivity contribution in [3.05, 3.63) is 87.8 Å². The van der Waals surface area contributed by atoms with E-state index in [2.05, 4.69) is 10.3 Å². The van der Waals surface area contributed by atoms with Gasteiger partial charge in [-0.15, -0.1) is 12.4 Å². The minimum atomic E-state index is -4.44. The van der Waals surface area contributed by atoms with Gasteiger partial charge in [0.05, 0.1) is 16.9 Å². The van der Waals surface area contributed by atoms with Crippen molar-refractivity contribution in [2.24, 2.45) is 0 Å². The number of halogens is 4. The van der Waals surface area contributed by atoms with Gasteiger partial charge >= 0.3 is 6.18 Å². The fourth-order valence-electron chi connectivity index (χ4n) is 3.75. The van der Waals surface area contributed by atoms with Crippen LogP contribution in [0.5, 0.6) is 5.75 Å². The molecule has 1 aromatic carbocycles. The molecule has 1 aliphatic heterocycles. The lowest BCUT2D eigenvalue weighted by atomic mass is 10.1. The van der Waals surface area contributed by atoms with E-state index in [1.165, 1.54) is 16.7 Å². The summed E-state index contributed by atoms with van der Waals surface area (Å²) >= 11 is 0. The summed E-state index contributed by atoms with van der Waals surface area (Å²) in [5.41, 5.74) is 1.75. The molecule has 10 heteroatoms. The lowest BCUT2D eigenvalue weighted by Crippen LogP contribution is -2.22. The number of ether oxygens (including phenoxy) is 1. The third-order valence-corrected chi connectivity index (χ3v) is 5.40. The molecule has 0 radical (unpaired) electrons. The van der Waals surface area contributed by atoms with Gasteiger partial charge in [0.15, 0.2) is 0 Å². The zero-order valence-corrected chi connectivity index (χ0v) is 18.0. The SMILES string of the molecule is Cl.O=c1cc(OCc2ccc(C(F)(F)F)cn2)ccn1-c1ccc2c3c(oc2c1)CCNC3. The normalized spacial score (nSPS) is 13.4. The largest absolute Gasteiger partial charge is 0.487 e. The Bertz CT molecular complexity index is 1350. The molecule has 0 fully saturated rings. The number of hydrogen-bond acceptors (Lipinski definition) is 5. The predicted octanol–water partition coefficient (Wildman–Crippen LogP) is 4.64. The van der Waals surface area contributed by atoms with Crippen molar-refractivity contribution in [1.82, 2.24) is 14.9 Å². The molecule has 0 aliphatic carbocycles. The van der Waals surface area contributed by atoms with E-state index in [-0.39, 0.29) is 24.6 Å². The van der Waals surface area contributed by atoms with Crippen molar-refractivity contribution in [3.63, 3.8) is 0 Å².